The van der Waals surface area contributed by atoms with Gasteiger partial charge in [0.1, 0.15) is 5.15 Å². The first kappa shape index (κ1) is 8.54. The molecule has 0 aromatic carbocycles. The molecule has 0 aliphatic rings. The van der Waals surface area contributed by atoms with Crippen LogP contribution in [0.15, 0.2) is 18.3 Å². The Hall–Kier alpha value is -0.560. The van der Waals surface area contributed by atoms with E-state index < -0.39 is 0 Å². The topological polar surface area (TPSA) is 12.9 Å². The van der Waals surface area contributed by atoms with Crippen LogP contribution in [0.3, 0.4) is 0 Å². The minimum absolute atomic E-state index is 0.654. The molecule has 1 rings (SSSR count). The molecular formula is C9H12ClN. The molecule has 0 N–H and O–H groups in total. The first-order valence-electron chi connectivity index (χ1n) is 3.94. The highest BCUT2D eigenvalue weighted by molar-refractivity contribution is 6.30. The predicted octanol–water partition coefficient (Wildman–Crippen LogP) is 3.08. The van der Waals surface area contributed by atoms with Crippen molar-refractivity contribution in [3.63, 3.8) is 0 Å². The van der Waals surface area contributed by atoms with Crippen LogP contribution in [-0.4, -0.2) is 4.98 Å². The maximum Gasteiger partial charge on any atom is 0.132 e. The number of hydrogen-bond donors (Lipinski definition) is 0. The number of nitrogens with zero attached hydrogens (tertiary/aromatic N) is 1. The van der Waals surface area contributed by atoms with Crippen molar-refractivity contribution in [1.29, 1.82) is 0 Å². The summed E-state index contributed by atoms with van der Waals surface area (Å²) in [5.74, 6) is 0. The highest BCUT2D eigenvalue weighted by Gasteiger charge is 1.97. The molecule has 0 spiro atoms. The van der Waals surface area contributed by atoms with Gasteiger partial charge < -0.3 is 0 Å². The Morgan fingerprint density at radius 2 is 2.36 bits per heavy atom. The third-order valence-electron chi connectivity index (χ3n) is 1.64. The van der Waals surface area contributed by atoms with Crippen LogP contribution in [0.1, 0.15) is 25.3 Å². The zero-order valence-corrected chi connectivity index (χ0v) is 7.43. The third-order valence-corrected chi connectivity index (χ3v) is 1.98. The van der Waals surface area contributed by atoms with E-state index in [1.165, 1.54) is 12.8 Å². The van der Waals surface area contributed by atoms with Crippen molar-refractivity contribution in [1.82, 2.24) is 4.98 Å². The van der Waals surface area contributed by atoms with Gasteiger partial charge in [0.25, 0.3) is 0 Å². The molecule has 0 amide bonds. The van der Waals surface area contributed by atoms with Crippen molar-refractivity contribution in [2.24, 2.45) is 0 Å². The second kappa shape index (κ2) is 4.35. The number of aryl methyl sites for hydroxylation is 1. The summed E-state index contributed by atoms with van der Waals surface area (Å²) in [4.78, 5) is 4.00. The molecule has 1 aromatic rings. The zero-order valence-electron chi connectivity index (χ0n) is 6.68. The number of halogens is 1. The maximum absolute atomic E-state index is 5.85. The lowest BCUT2D eigenvalue weighted by Gasteiger charge is -1.99. The van der Waals surface area contributed by atoms with E-state index in [2.05, 4.69) is 11.9 Å². The van der Waals surface area contributed by atoms with E-state index in [1.807, 2.05) is 12.1 Å². The van der Waals surface area contributed by atoms with Crippen LogP contribution in [0.2, 0.25) is 5.15 Å². The van der Waals surface area contributed by atoms with E-state index in [1.54, 1.807) is 6.20 Å². The fourth-order valence-electron chi connectivity index (χ4n) is 0.973. The molecule has 0 aliphatic heterocycles. The van der Waals surface area contributed by atoms with Gasteiger partial charge in [0.15, 0.2) is 0 Å². The first-order valence-corrected chi connectivity index (χ1v) is 4.31. The summed E-state index contributed by atoms with van der Waals surface area (Å²) in [5.41, 5.74) is 1.16. The smallest absolute Gasteiger partial charge is 0.132 e. The quantitative estimate of drug-likeness (QED) is 0.634. The second-order valence-electron chi connectivity index (χ2n) is 2.56. The monoisotopic (exact) mass is 169 g/mol. The fourth-order valence-corrected chi connectivity index (χ4v) is 1.19. The summed E-state index contributed by atoms with van der Waals surface area (Å²) < 4.78 is 0. The summed E-state index contributed by atoms with van der Waals surface area (Å²) in [6, 6.07) is 3.96. The number of hydrogen-bond acceptors (Lipinski definition) is 1. The van der Waals surface area contributed by atoms with Crippen molar-refractivity contribution >= 4 is 11.6 Å². The van der Waals surface area contributed by atoms with Crippen LogP contribution in [0.25, 0.3) is 0 Å². The molecule has 2 heteroatoms. The number of pyridine rings is 1. The van der Waals surface area contributed by atoms with Crippen molar-refractivity contribution in [2.75, 3.05) is 0 Å². The SMILES string of the molecule is CCCCc1cccnc1Cl. The van der Waals surface area contributed by atoms with Crippen LogP contribution < -0.4 is 0 Å². The lowest BCUT2D eigenvalue weighted by atomic mass is 10.1. The lowest BCUT2D eigenvalue weighted by molar-refractivity contribution is 0.792. The van der Waals surface area contributed by atoms with Crippen molar-refractivity contribution < 1.29 is 0 Å². The largest absolute Gasteiger partial charge is 0.244 e. The van der Waals surface area contributed by atoms with E-state index in [0.29, 0.717) is 5.15 Å². The fraction of sp³-hybridized carbons (Fsp3) is 0.444. The van der Waals surface area contributed by atoms with Gasteiger partial charge in [-0.1, -0.05) is 31.0 Å². The van der Waals surface area contributed by atoms with Gasteiger partial charge in [0, 0.05) is 6.20 Å². The molecule has 0 saturated heterocycles. The van der Waals surface area contributed by atoms with Gasteiger partial charge in [-0.3, -0.25) is 0 Å². The van der Waals surface area contributed by atoms with Crippen LogP contribution >= 0.6 is 11.6 Å². The Balaban J connectivity index is 2.62. The van der Waals surface area contributed by atoms with Gasteiger partial charge in [0.2, 0.25) is 0 Å². The maximum atomic E-state index is 5.85. The van der Waals surface area contributed by atoms with Crippen molar-refractivity contribution in [3.05, 3.63) is 29.0 Å². The Bertz CT molecular complexity index is 223. The molecular weight excluding hydrogens is 158 g/mol. The van der Waals surface area contributed by atoms with E-state index >= 15 is 0 Å². The Morgan fingerprint density at radius 1 is 1.55 bits per heavy atom. The van der Waals surface area contributed by atoms with E-state index in [9.17, 15) is 0 Å². The average molecular weight is 170 g/mol. The number of unbranched alkanes of at least 4 members (excludes halogenated alkanes) is 1. The molecule has 0 saturated carbocycles. The molecule has 0 unspecified atom stereocenters. The Morgan fingerprint density at radius 3 is 3.00 bits per heavy atom. The van der Waals surface area contributed by atoms with Crippen molar-refractivity contribution in [3.8, 4) is 0 Å². The highest BCUT2D eigenvalue weighted by Crippen LogP contribution is 2.13. The standard InChI is InChI=1S/C9H12ClN/c1-2-3-5-8-6-4-7-11-9(8)10/h4,6-7H,2-3,5H2,1H3. The predicted molar refractivity (Wildman–Crippen MR) is 47.9 cm³/mol. The molecule has 11 heavy (non-hydrogen) atoms. The third kappa shape index (κ3) is 2.51. The molecule has 1 nitrogen and oxygen atoms in total. The molecule has 60 valence electrons. The normalized spacial score (nSPS) is 10.0. The Kier molecular flexibility index (Phi) is 3.37. The molecule has 0 radical (unpaired) electrons. The minimum Gasteiger partial charge on any atom is -0.244 e. The lowest BCUT2D eigenvalue weighted by Crippen LogP contribution is -1.87. The zero-order chi connectivity index (χ0) is 8.10. The van der Waals surface area contributed by atoms with Crippen molar-refractivity contribution in [2.45, 2.75) is 26.2 Å². The summed E-state index contributed by atoms with van der Waals surface area (Å²) >= 11 is 5.85. The molecule has 0 aliphatic carbocycles. The van der Waals surface area contributed by atoms with Gasteiger partial charge in [-0.15, -0.1) is 0 Å². The van der Waals surface area contributed by atoms with Gasteiger partial charge >= 0.3 is 0 Å². The van der Waals surface area contributed by atoms with Gasteiger partial charge in [-0.05, 0) is 24.5 Å². The van der Waals surface area contributed by atoms with Crippen LogP contribution in [0, 0.1) is 0 Å². The van der Waals surface area contributed by atoms with Gasteiger partial charge in [-0.2, -0.15) is 0 Å². The van der Waals surface area contributed by atoms with E-state index in [-0.39, 0.29) is 0 Å². The minimum atomic E-state index is 0.654. The van der Waals surface area contributed by atoms with E-state index in [4.69, 9.17) is 11.6 Å². The van der Waals surface area contributed by atoms with Gasteiger partial charge in [-0.25, -0.2) is 4.98 Å². The number of rotatable bonds is 3. The Labute approximate surface area is 72.4 Å². The first-order chi connectivity index (χ1) is 5.34. The molecule has 0 bridgehead atoms. The molecule has 1 heterocycles. The van der Waals surface area contributed by atoms with Crippen LogP contribution in [0.4, 0.5) is 0 Å². The summed E-state index contributed by atoms with van der Waals surface area (Å²) in [6.45, 7) is 2.17. The molecule has 0 atom stereocenters. The van der Waals surface area contributed by atoms with Crippen LogP contribution in [0.5, 0.6) is 0 Å². The highest BCUT2D eigenvalue weighted by atomic mass is 35.5. The molecule has 0 fully saturated rings. The van der Waals surface area contributed by atoms with Crippen LogP contribution in [-0.2, 0) is 6.42 Å². The average Bonchev–Trinajstić information content (AvgIpc) is 2.03. The van der Waals surface area contributed by atoms with E-state index in [0.717, 1.165) is 12.0 Å². The number of aromatic nitrogens is 1. The molecule has 1 aromatic heterocycles. The summed E-state index contributed by atoms with van der Waals surface area (Å²) in [6.07, 6.45) is 5.15. The summed E-state index contributed by atoms with van der Waals surface area (Å²) in [7, 11) is 0. The second-order valence-corrected chi connectivity index (χ2v) is 2.91. The summed E-state index contributed by atoms with van der Waals surface area (Å²) in [5, 5.41) is 0.654. The van der Waals surface area contributed by atoms with Gasteiger partial charge in [0.05, 0.1) is 0 Å².